The summed E-state index contributed by atoms with van der Waals surface area (Å²) in [6.07, 6.45) is 1.19. The van der Waals surface area contributed by atoms with E-state index in [4.69, 9.17) is 9.84 Å². The van der Waals surface area contributed by atoms with E-state index in [0.717, 1.165) is 6.08 Å². The molecule has 0 radical (unpaired) electrons. The minimum absolute atomic E-state index is 0.0597. The maximum Gasteiger partial charge on any atom is 0.328 e. The number of hydrogen-bond donors (Lipinski definition) is 2. The van der Waals surface area contributed by atoms with E-state index in [2.05, 4.69) is 5.32 Å². The molecule has 0 aliphatic heterocycles. The standard InChI is InChI=1S/C15H18FNO4/c1-9(2)17-15(20)10(3)21-14-11(7-8-13(18)19)5-4-6-12(14)16/h4-10H,1-3H3,(H,17,20)(H,18,19)/b8-7+. The molecule has 0 aliphatic carbocycles. The smallest absolute Gasteiger partial charge is 0.328 e. The van der Waals surface area contributed by atoms with Gasteiger partial charge in [-0.25, -0.2) is 9.18 Å². The highest BCUT2D eigenvalue weighted by Crippen LogP contribution is 2.25. The summed E-state index contributed by atoms with van der Waals surface area (Å²) in [6, 6.07) is 4.06. The molecule has 1 atom stereocenters. The fraction of sp³-hybridized carbons (Fsp3) is 0.333. The van der Waals surface area contributed by atoms with E-state index in [1.165, 1.54) is 31.2 Å². The van der Waals surface area contributed by atoms with Gasteiger partial charge in [0.1, 0.15) is 0 Å². The third-order valence-electron chi connectivity index (χ3n) is 2.50. The molecule has 6 heteroatoms. The summed E-state index contributed by atoms with van der Waals surface area (Å²) in [5.74, 6) is -2.34. The van der Waals surface area contributed by atoms with Crippen LogP contribution >= 0.6 is 0 Å². The summed E-state index contributed by atoms with van der Waals surface area (Å²) in [7, 11) is 0. The van der Waals surface area contributed by atoms with Gasteiger partial charge in [-0.05, 0) is 32.9 Å². The molecule has 0 aliphatic rings. The van der Waals surface area contributed by atoms with E-state index in [0.29, 0.717) is 0 Å². The summed E-state index contributed by atoms with van der Waals surface area (Å²) in [5, 5.41) is 11.3. The van der Waals surface area contributed by atoms with Crippen LogP contribution in [0.5, 0.6) is 5.75 Å². The predicted octanol–water partition coefficient (Wildman–Crippen LogP) is 2.22. The molecular weight excluding hydrogens is 277 g/mol. The fourth-order valence-corrected chi connectivity index (χ4v) is 1.57. The second-order valence-electron chi connectivity index (χ2n) is 4.75. The molecule has 0 heterocycles. The molecule has 21 heavy (non-hydrogen) atoms. The molecule has 0 aromatic heterocycles. The van der Waals surface area contributed by atoms with Crippen molar-refractivity contribution in [3.8, 4) is 5.75 Å². The number of hydrogen-bond acceptors (Lipinski definition) is 3. The van der Waals surface area contributed by atoms with Gasteiger partial charge >= 0.3 is 5.97 Å². The molecule has 1 amide bonds. The first kappa shape index (κ1) is 16.7. The Hall–Kier alpha value is -2.37. The van der Waals surface area contributed by atoms with E-state index < -0.39 is 17.9 Å². The number of benzene rings is 1. The molecule has 2 N–H and O–H groups in total. The Morgan fingerprint density at radius 1 is 1.33 bits per heavy atom. The Balaban J connectivity index is 2.96. The molecule has 1 aromatic rings. The Kier molecular flexibility index (Phi) is 5.90. The lowest BCUT2D eigenvalue weighted by Gasteiger charge is -2.18. The molecule has 5 nitrogen and oxygen atoms in total. The lowest BCUT2D eigenvalue weighted by Crippen LogP contribution is -2.40. The van der Waals surface area contributed by atoms with Crippen LogP contribution in [0.4, 0.5) is 4.39 Å². The van der Waals surface area contributed by atoms with Crippen LogP contribution in [-0.2, 0) is 9.59 Å². The Labute approximate surface area is 122 Å². The van der Waals surface area contributed by atoms with Crippen molar-refractivity contribution in [2.75, 3.05) is 0 Å². The minimum Gasteiger partial charge on any atom is -0.478 e. The highest BCUT2D eigenvalue weighted by atomic mass is 19.1. The quantitative estimate of drug-likeness (QED) is 0.789. The number of aliphatic carboxylic acids is 1. The number of para-hydroxylation sites is 1. The summed E-state index contributed by atoms with van der Waals surface area (Å²) >= 11 is 0. The number of ether oxygens (including phenoxy) is 1. The lowest BCUT2D eigenvalue weighted by atomic mass is 10.1. The molecule has 1 rings (SSSR count). The number of amides is 1. The van der Waals surface area contributed by atoms with Gasteiger partial charge in [-0.2, -0.15) is 0 Å². The average molecular weight is 295 g/mol. The average Bonchev–Trinajstić information content (AvgIpc) is 2.38. The Bertz CT molecular complexity index is 555. The zero-order valence-electron chi connectivity index (χ0n) is 12.1. The molecule has 0 spiro atoms. The monoisotopic (exact) mass is 295 g/mol. The first-order valence-corrected chi connectivity index (χ1v) is 6.47. The minimum atomic E-state index is -1.16. The molecular formula is C15H18FNO4. The first-order chi connectivity index (χ1) is 9.81. The van der Waals surface area contributed by atoms with Crippen molar-refractivity contribution in [3.05, 3.63) is 35.7 Å². The number of carbonyl (C=O) groups excluding carboxylic acids is 1. The van der Waals surface area contributed by atoms with Gasteiger partial charge < -0.3 is 15.2 Å². The van der Waals surface area contributed by atoms with Gasteiger partial charge in [-0.15, -0.1) is 0 Å². The SMILES string of the molecule is CC(C)NC(=O)C(C)Oc1c(F)cccc1/C=C/C(=O)O. The van der Waals surface area contributed by atoms with Crippen molar-refractivity contribution >= 4 is 18.0 Å². The van der Waals surface area contributed by atoms with Crippen molar-refractivity contribution in [2.24, 2.45) is 0 Å². The van der Waals surface area contributed by atoms with Crippen molar-refractivity contribution in [3.63, 3.8) is 0 Å². The fourth-order valence-electron chi connectivity index (χ4n) is 1.57. The van der Waals surface area contributed by atoms with Gasteiger partial charge in [0.2, 0.25) is 0 Å². The maximum absolute atomic E-state index is 13.8. The zero-order valence-corrected chi connectivity index (χ0v) is 12.1. The van der Waals surface area contributed by atoms with Gasteiger partial charge in [0.15, 0.2) is 17.7 Å². The number of carboxylic acid groups (broad SMARTS) is 1. The predicted molar refractivity (Wildman–Crippen MR) is 76.4 cm³/mol. The van der Waals surface area contributed by atoms with Gasteiger partial charge in [0, 0.05) is 17.7 Å². The number of nitrogens with one attached hydrogen (secondary N) is 1. The molecule has 1 unspecified atom stereocenters. The maximum atomic E-state index is 13.8. The van der Waals surface area contributed by atoms with Crippen LogP contribution in [0.25, 0.3) is 6.08 Å². The summed E-state index contributed by atoms with van der Waals surface area (Å²) in [4.78, 5) is 22.3. The van der Waals surface area contributed by atoms with Gasteiger partial charge in [0.25, 0.3) is 5.91 Å². The Morgan fingerprint density at radius 2 is 2.00 bits per heavy atom. The normalized spacial score (nSPS) is 12.4. The summed E-state index contributed by atoms with van der Waals surface area (Å²) in [6.45, 7) is 5.10. The van der Waals surface area contributed by atoms with E-state index in [-0.39, 0.29) is 23.3 Å². The summed E-state index contributed by atoms with van der Waals surface area (Å²) in [5.41, 5.74) is 0.251. The second-order valence-corrected chi connectivity index (χ2v) is 4.75. The highest BCUT2D eigenvalue weighted by Gasteiger charge is 2.18. The van der Waals surface area contributed by atoms with Gasteiger partial charge in [-0.1, -0.05) is 12.1 Å². The molecule has 0 fully saturated rings. The highest BCUT2D eigenvalue weighted by molar-refractivity contribution is 5.86. The lowest BCUT2D eigenvalue weighted by molar-refractivity contribution is -0.131. The molecule has 1 aromatic carbocycles. The topological polar surface area (TPSA) is 75.6 Å². The van der Waals surface area contributed by atoms with E-state index in [1.54, 1.807) is 13.8 Å². The Morgan fingerprint density at radius 3 is 2.57 bits per heavy atom. The number of carbonyl (C=O) groups is 2. The number of rotatable bonds is 6. The second kappa shape index (κ2) is 7.42. The number of carboxylic acids is 1. The van der Waals surface area contributed by atoms with Crippen LogP contribution in [0.3, 0.4) is 0 Å². The van der Waals surface area contributed by atoms with Crippen molar-refractivity contribution in [1.82, 2.24) is 5.32 Å². The van der Waals surface area contributed by atoms with E-state index in [1.807, 2.05) is 0 Å². The molecule has 0 bridgehead atoms. The van der Waals surface area contributed by atoms with E-state index in [9.17, 15) is 14.0 Å². The van der Waals surface area contributed by atoms with Gasteiger partial charge in [-0.3, -0.25) is 4.79 Å². The van der Waals surface area contributed by atoms with Crippen LogP contribution in [0.15, 0.2) is 24.3 Å². The number of halogens is 1. The first-order valence-electron chi connectivity index (χ1n) is 6.47. The largest absolute Gasteiger partial charge is 0.478 e. The van der Waals surface area contributed by atoms with E-state index >= 15 is 0 Å². The molecule has 0 saturated heterocycles. The van der Waals surface area contributed by atoms with Crippen molar-refractivity contribution < 1.29 is 23.8 Å². The van der Waals surface area contributed by atoms with Crippen LogP contribution in [0.2, 0.25) is 0 Å². The van der Waals surface area contributed by atoms with Crippen LogP contribution in [-0.4, -0.2) is 29.1 Å². The molecule has 114 valence electrons. The van der Waals surface area contributed by atoms with Crippen molar-refractivity contribution in [2.45, 2.75) is 32.9 Å². The molecule has 0 saturated carbocycles. The van der Waals surface area contributed by atoms with Crippen LogP contribution in [0, 0.1) is 5.82 Å². The zero-order chi connectivity index (χ0) is 16.0. The van der Waals surface area contributed by atoms with Crippen LogP contribution in [0.1, 0.15) is 26.3 Å². The summed E-state index contributed by atoms with van der Waals surface area (Å²) < 4.78 is 19.2. The van der Waals surface area contributed by atoms with Gasteiger partial charge in [0.05, 0.1) is 0 Å². The third-order valence-corrected chi connectivity index (χ3v) is 2.50. The van der Waals surface area contributed by atoms with Crippen LogP contribution < -0.4 is 10.1 Å². The third kappa shape index (κ3) is 5.25. The van der Waals surface area contributed by atoms with Crippen molar-refractivity contribution in [1.29, 1.82) is 0 Å².